The van der Waals surface area contributed by atoms with Crippen molar-refractivity contribution in [1.29, 1.82) is 0 Å². The van der Waals surface area contributed by atoms with Crippen molar-refractivity contribution in [1.82, 2.24) is 0 Å². The summed E-state index contributed by atoms with van der Waals surface area (Å²) in [7, 11) is 0. The summed E-state index contributed by atoms with van der Waals surface area (Å²) in [5.74, 6) is -7.52. The molecule has 0 aliphatic heterocycles. The van der Waals surface area contributed by atoms with Crippen LogP contribution < -0.4 is 0 Å². The Kier molecular flexibility index (Phi) is 6.90. The fraction of sp³-hybridized carbons (Fsp3) is 0.357. The Morgan fingerprint density at radius 3 is 2.30 bits per heavy atom. The first-order valence-corrected chi connectivity index (χ1v) is 7.25. The molecule has 1 aromatic rings. The number of hydrogen-bond acceptors (Lipinski definition) is 5. The van der Waals surface area contributed by atoms with Crippen molar-refractivity contribution < 1.29 is 32.6 Å². The molecule has 0 spiro atoms. The van der Waals surface area contributed by atoms with Gasteiger partial charge in [0.25, 0.3) is 0 Å². The van der Waals surface area contributed by atoms with E-state index in [-0.39, 0.29) is 13.0 Å². The van der Waals surface area contributed by atoms with Crippen LogP contribution in [0.5, 0.6) is 0 Å². The van der Waals surface area contributed by atoms with Gasteiger partial charge in [0.2, 0.25) is 0 Å². The molecular formula is C14H12Cl2F2O5. The minimum absolute atomic E-state index is 0.00383. The van der Waals surface area contributed by atoms with Crippen molar-refractivity contribution in [2.45, 2.75) is 20.3 Å². The van der Waals surface area contributed by atoms with Crippen molar-refractivity contribution in [3.8, 4) is 0 Å². The van der Waals surface area contributed by atoms with Gasteiger partial charge >= 0.3 is 17.9 Å². The monoisotopic (exact) mass is 368 g/mol. The van der Waals surface area contributed by atoms with E-state index >= 15 is 0 Å². The average Bonchev–Trinajstić information content (AvgIpc) is 2.45. The summed E-state index contributed by atoms with van der Waals surface area (Å²) < 4.78 is 36.3. The highest BCUT2D eigenvalue weighted by atomic mass is 35.5. The second-order valence-electron chi connectivity index (χ2n) is 4.26. The number of ether oxygens (including phenoxy) is 2. The predicted octanol–water partition coefficient (Wildman–Crippen LogP) is 3.54. The molecule has 0 amide bonds. The van der Waals surface area contributed by atoms with Crippen LogP contribution in [0.25, 0.3) is 0 Å². The molecule has 23 heavy (non-hydrogen) atoms. The molecule has 0 radical (unpaired) electrons. The van der Waals surface area contributed by atoms with Crippen molar-refractivity contribution in [2.24, 2.45) is 5.92 Å². The van der Waals surface area contributed by atoms with E-state index < -0.39 is 51.1 Å². The molecule has 1 rings (SSSR count). The highest BCUT2D eigenvalue weighted by molar-refractivity contribution is 6.37. The van der Waals surface area contributed by atoms with Gasteiger partial charge < -0.3 is 9.47 Å². The second-order valence-corrected chi connectivity index (χ2v) is 5.05. The summed E-state index contributed by atoms with van der Waals surface area (Å²) in [4.78, 5) is 35.2. The number of carbonyl (C=O) groups is 3. The summed E-state index contributed by atoms with van der Waals surface area (Å²) in [6.45, 7) is 3.05. The summed E-state index contributed by atoms with van der Waals surface area (Å²) in [6, 6.07) is 0.520. The van der Waals surface area contributed by atoms with E-state index in [2.05, 4.69) is 9.47 Å². The third-order valence-electron chi connectivity index (χ3n) is 2.78. The van der Waals surface area contributed by atoms with Gasteiger partial charge in [-0.3, -0.25) is 9.59 Å². The Balaban J connectivity index is 3.02. The molecule has 0 heterocycles. The van der Waals surface area contributed by atoms with Crippen LogP contribution in [0.3, 0.4) is 0 Å². The van der Waals surface area contributed by atoms with E-state index in [9.17, 15) is 23.2 Å². The van der Waals surface area contributed by atoms with Gasteiger partial charge in [-0.1, -0.05) is 30.1 Å². The molecule has 1 atom stereocenters. The molecule has 5 nitrogen and oxygen atoms in total. The first-order chi connectivity index (χ1) is 10.7. The molecule has 0 aliphatic rings. The highest BCUT2D eigenvalue weighted by Crippen LogP contribution is 2.29. The first kappa shape index (κ1) is 19.3. The van der Waals surface area contributed by atoms with Gasteiger partial charge in [0.05, 0.1) is 16.7 Å². The van der Waals surface area contributed by atoms with E-state index in [1.807, 2.05) is 0 Å². The number of hydrogen-bond donors (Lipinski definition) is 0. The van der Waals surface area contributed by atoms with Gasteiger partial charge in [0.1, 0.15) is 11.4 Å². The van der Waals surface area contributed by atoms with E-state index in [0.717, 1.165) is 0 Å². The van der Waals surface area contributed by atoms with Crippen LogP contribution in [-0.4, -0.2) is 24.5 Å². The maximum absolute atomic E-state index is 13.7. The van der Waals surface area contributed by atoms with Crippen LogP contribution in [0, 0.1) is 17.6 Å². The molecule has 0 bridgehead atoms. The lowest BCUT2D eigenvalue weighted by molar-refractivity contribution is -0.158. The van der Waals surface area contributed by atoms with Crippen LogP contribution in [0.15, 0.2) is 6.07 Å². The normalized spacial score (nSPS) is 11.7. The Morgan fingerprint density at radius 1 is 1.17 bits per heavy atom. The summed E-state index contributed by atoms with van der Waals surface area (Å²) in [5, 5.41) is -1.55. The van der Waals surface area contributed by atoms with Crippen LogP contribution in [0.2, 0.25) is 10.0 Å². The lowest BCUT2D eigenvalue weighted by atomic mass is 10.1. The van der Waals surface area contributed by atoms with Crippen molar-refractivity contribution in [3.05, 3.63) is 33.3 Å². The minimum Gasteiger partial charge on any atom is -0.465 e. The fourth-order valence-corrected chi connectivity index (χ4v) is 2.15. The van der Waals surface area contributed by atoms with Crippen LogP contribution in [-0.2, 0) is 19.1 Å². The Hall–Kier alpha value is -1.73. The molecule has 0 saturated heterocycles. The lowest BCUT2D eigenvalue weighted by Crippen LogP contribution is -2.29. The summed E-state index contributed by atoms with van der Waals surface area (Å²) >= 11 is 10.9. The Morgan fingerprint density at radius 2 is 1.78 bits per heavy atom. The maximum Gasteiger partial charge on any atom is 0.350 e. The molecule has 0 aromatic heterocycles. The Labute approximate surface area is 140 Å². The number of halogens is 4. The van der Waals surface area contributed by atoms with E-state index in [1.54, 1.807) is 0 Å². The second kappa shape index (κ2) is 8.21. The van der Waals surface area contributed by atoms with E-state index in [4.69, 9.17) is 23.2 Å². The molecule has 1 aromatic carbocycles. The van der Waals surface area contributed by atoms with Crippen LogP contribution in [0.1, 0.15) is 30.6 Å². The highest BCUT2D eigenvalue weighted by Gasteiger charge is 2.32. The lowest BCUT2D eigenvalue weighted by Gasteiger charge is -2.13. The van der Waals surface area contributed by atoms with Gasteiger partial charge in [-0.15, -0.1) is 0 Å². The van der Waals surface area contributed by atoms with Crippen LogP contribution in [0.4, 0.5) is 8.78 Å². The van der Waals surface area contributed by atoms with Crippen molar-refractivity contribution in [2.75, 3.05) is 6.61 Å². The molecule has 0 fully saturated rings. The third-order valence-corrected chi connectivity index (χ3v) is 3.41. The zero-order valence-electron chi connectivity index (χ0n) is 12.1. The van der Waals surface area contributed by atoms with Gasteiger partial charge in [0, 0.05) is 0 Å². The average molecular weight is 369 g/mol. The number of rotatable bonds is 5. The molecule has 126 valence electrons. The smallest absolute Gasteiger partial charge is 0.350 e. The Bertz CT molecular complexity index is 649. The number of benzene rings is 1. The SMILES string of the molecule is CCOC(=O)C(CC)C(=O)OC(=O)c1c(F)cc(Cl)c(F)c1Cl. The third kappa shape index (κ3) is 4.39. The molecule has 1 unspecified atom stereocenters. The van der Waals surface area contributed by atoms with Crippen molar-refractivity contribution in [3.63, 3.8) is 0 Å². The van der Waals surface area contributed by atoms with Gasteiger partial charge in [0.15, 0.2) is 11.7 Å². The quantitative estimate of drug-likeness (QED) is 0.344. The predicted molar refractivity (Wildman–Crippen MR) is 77.2 cm³/mol. The van der Waals surface area contributed by atoms with E-state index in [0.29, 0.717) is 6.07 Å². The zero-order chi connectivity index (χ0) is 17.7. The maximum atomic E-state index is 13.7. The number of esters is 3. The summed E-state index contributed by atoms with van der Waals surface area (Å²) in [6.07, 6.45) is -0.00383. The van der Waals surface area contributed by atoms with E-state index in [1.165, 1.54) is 13.8 Å². The molecule has 0 saturated carbocycles. The van der Waals surface area contributed by atoms with Crippen LogP contribution >= 0.6 is 23.2 Å². The van der Waals surface area contributed by atoms with Crippen molar-refractivity contribution >= 4 is 41.1 Å². The standard InChI is InChI=1S/C14H12Cl2F2O5/c1-3-6(12(19)22-4-2)13(20)23-14(21)9-8(17)5-7(15)11(18)10(9)16/h5-6H,3-4H2,1-2H3. The first-order valence-electron chi connectivity index (χ1n) is 6.50. The van der Waals surface area contributed by atoms with Gasteiger partial charge in [-0.25, -0.2) is 13.6 Å². The summed E-state index contributed by atoms with van der Waals surface area (Å²) in [5.41, 5.74) is -0.986. The van der Waals surface area contributed by atoms with Gasteiger partial charge in [-0.05, 0) is 19.4 Å². The molecular weight excluding hydrogens is 357 g/mol. The zero-order valence-corrected chi connectivity index (χ0v) is 13.6. The minimum atomic E-state index is -1.53. The molecule has 0 aliphatic carbocycles. The molecule has 9 heteroatoms. The molecule has 0 N–H and O–H groups in total. The fourth-order valence-electron chi connectivity index (χ4n) is 1.64. The topological polar surface area (TPSA) is 69.7 Å². The largest absolute Gasteiger partial charge is 0.465 e. The number of carbonyl (C=O) groups excluding carboxylic acids is 3. The van der Waals surface area contributed by atoms with Gasteiger partial charge in [-0.2, -0.15) is 0 Å².